The summed E-state index contributed by atoms with van der Waals surface area (Å²) in [7, 11) is 0. The molecule has 3 heterocycles. The molecule has 6 atom stereocenters. The number of aliphatic hydroxyl groups is 1. The fourth-order valence-electron chi connectivity index (χ4n) is 6.23. The van der Waals surface area contributed by atoms with E-state index in [1.54, 1.807) is 6.92 Å². The summed E-state index contributed by atoms with van der Waals surface area (Å²) in [6, 6.07) is 13.9. The number of hydrogen-bond donors (Lipinski definition) is 3. The molecule has 3 aliphatic rings. The molecule has 3 amide bonds. The standard InChI is InChI=1S/C28H33N3O5/c1-16-9-10-17(2)20(13-16)30-26(34)24-28-12-11-21(36-28)22(23(28)27(35)31(24)18(3)15-32)25(33)29-14-19-7-5-4-6-8-19/h4-10,13,18,21-24,32H,11-12,14-15H2,1-3H3,(H,29,33)(H,30,34)/t18-,21-,22+,23+,24?,28?/m1/s1. The first-order valence-corrected chi connectivity index (χ1v) is 12.6. The van der Waals surface area contributed by atoms with Gasteiger partial charge in [-0.3, -0.25) is 14.4 Å². The van der Waals surface area contributed by atoms with E-state index >= 15 is 0 Å². The quantitative estimate of drug-likeness (QED) is 0.551. The summed E-state index contributed by atoms with van der Waals surface area (Å²) in [4.78, 5) is 42.5. The van der Waals surface area contributed by atoms with Gasteiger partial charge in [-0.25, -0.2) is 0 Å². The van der Waals surface area contributed by atoms with E-state index < -0.39 is 35.6 Å². The van der Waals surface area contributed by atoms with Gasteiger partial charge in [0.25, 0.3) is 0 Å². The number of aliphatic hydroxyl groups excluding tert-OH is 1. The summed E-state index contributed by atoms with van der Waals surface area (Å²) in [5.41, 5.74) is 2.45. The van der Waals surface area contributed by atoms with E-state index in [0.717, 1.165) is 16.7 Å². The number of benzene rings is 2. The molecule has 3 saturated heterocycles. The van der Waals surface area contributed by atoms with Crippen molar-refractivity contribution in [2.75, 3.05) is 11.9 Å². The molecule has 8 heteroatoms. The van der Waals surface area contributed by atoms with Gasteiger partial charge in [-0.15, -0.1) is 0 Å². The molecular weight excluding hydrogens is 458 g/mol. The molecule has 0 aromatic heterocycles. The van der Waals surface area contributed by atoms with E-state index in [1.165, 1.54) is 4.90 Å². The highest BCUT2D eigenvalue weighted by Crippen LogP contribution is 2.58. The van der Waals surface area contributed by atoms with E-state index in [0.29, 0.717) is 25.1 Å². The molecule has 2 bridgehead atoms. The second-order valence-corrected chi connectivity index (χ2v) is 10.3. The molecule has 0 saturated carbocycles. The molecule has 3 aliphatic heterocycles. The molecule has 2 aromatic rings. The van der Waals surface area contributed by atoms with E-state index in [4.69, 9.17) is 4.74 Å². The minimum atomic E-state index is -1.10. The van der Waals surface area contributed by atoms with Crippen molar-refractivity contribution in [1.29, 1.82) is 0 Å². The normalized spacial score (nSPS) is 29.2. The fourth-order valence-corrected chi connectivity index (χ4v) is 6.23. The first-order chi connectivity index (χ1) is 17.3. The van der Waals surface area contributed by atoms with Crippen molar-refractivity contribution in [3.63, 3.8) is 0 Å². The Balaban J connectivity index is 1.45. The SMILES string of the molecule is Cc1ccc(C)c(NC(=O)C2N([C@H](C)CO)C(=O)[C@@H]3[C@@H](C(=O)NCc4ccccc4)[C@H]4CCC23O4)c1. The lowest BCUT2D eigenvalue weighted by Crippen LogP contribution is -2.55. The number of hydrogen-bond acceptors (Lipinski definition) is 5. The van der Waals surface area contributed by atoms with E-state index in [-0.39, 0.29) is 24.3 Å². The Morgan fingerprint density at radius 2 is 1.92 bits per heavy atom. The van der Waals surface area contributed by atoms with Crippen molar-refractivity contribution in [2.24, 2.45) is 11.8 Å². The molecule has 3 fully saturated rings. The molecule has 2 unspecified atom stereocenters. The average molecular weight is 492 g/mol. The predicted molar refractivity (Wildman–Crippen MR) is 134 cm³/mol. The number of likely N-dealkylation sites (tertiary alicyclic amines) is 1. The summed E-state index contributed by atoms with van der Waals surface area (Å²) in [5.74, 6) is -2.35. The van der Waals surface area contributed by atoms with Crippen molar-refractivity contribution in [3.8, 4) is 0 Å². The van der Waals surface area contributed by atoms with Crippen molar-refractivity contribution in [3.05, 3.63) is 65.2 Å². The van der Waals surface area contributed by atoms with Crippen LogP contribution in [0.15, 0.2) is 48.5 Å². The molecular formula is C28H33N3O5. The summed E-state index contributed by atoms with van der Waals surface area (Å²) < 4.78 is 6.42. The summed E-state index contributed by atoms with van der Waals surface area (Å²) in [6.07, 6.45) is 0.690. The molecule has 0 radical (unpaired) electrons. The Kier molecular flexibility index (Phi) is 6.34. The van der Waals surface area contributed by atoms with Crippen LogP contribution in [0.4, 0.5) is 5.69 Å². The second kappa shape index (κ2) is 9.33. The van der Waals surface area contributed by atoms with Crippen LogP contribution in [0.1, 0.15) is 36.5 Å². The van der Waals surface area contributed by atoms with Crippen LogP contribution in [0.25, 0.3) is 0 Å². The van der Waals surface area contributed by atoms with Crippen LogP contribution < -0.4 is 10.6 Å². The van der Waals surface area contributed by atoms with Gasteiger partial charge in [-0.1, -0.05) is 42.5 Å². The summed E-state index contributed by atoms with van der Waals surface area (Å²) in [6.45, 7) is 5.63. The summed E-state index contributed by atoms with van der Waals surface area (Å²) >= 11 is 0. The minimum Gasteiger partial charge on any atom is -0.394 e. The van der Waals surface area contributed by atoms with Crippen molar-refractivity contribution >= 4 is 23.4 Å². The largest absolute Gasteiger partial charge is 0.394 e. The van der Waals surface area contributed by atoms with Crippen LogP contribution in [-0.4, -0.2) is 58.1 Å². The van der Waals surface area contributed by atoms with Crippen LogP contribution in [0.2, 0.25) is 0 Å². The van der Waals surface area contributed by atoms with Gasteiger partial charge < -0.3 is 25.4 Å². The number of carbonyl (C=O) groups is 3. The number of aryl methyl sites for hydroxylation is 2. The van der Waals surface area contributed by atoms with Gasteiger partial charge in [0.05, 0.1) is 30.6 Å². The van der Waals surface area contributed by atoms with Gasteiger partial charge in [-0.2, -0.15) is 0 Å². The first-order valence-electron chi connectivity index (χ1n) is 12.6. The van der Waals surface area contributed by atoms with E-state index in [2.05, 4.69) is 10.6 Å². The lowest BCUT2D eigenvalue weighted by molar-refractivity contribution is -0.143. The first kappa shape index (κ1) is 24.5. The number of nitrogens with one attached hydrogen (secondary N) is 2. The number of rotatable bonds is 7. The lowest BCUT2D eigenvalue weighted by atomic mass is 9.70. The molecule has 2 aromatic carbocycles. The highest BCUT2D eigenvalue weighted by atomic mass is 16.5. The molecule has 8 nitrogen and oxygen atoms in total. The highest BCUT2D eigenvalue weighted by molar-refractivity contribution is 6.04. The van der Waals surface area contributed by atoms with Crippen LogP contribution in [0.3, 0.4) is 0 Å². The van der Waals surface area contributed by atoms with E-state index in [1.807, 2.05) is 62.4 Å². The van der Waals surface area contributed by atoms with Gasteiger partial charge >= 0.3 is 0 Å². The number of carbonyl (C=O) groups excluding carboxylic acids is 3. The maximum absolute atomic E-state index is 13.8. The van der Waals surface area contributed by atoms with Crippen LogP contribution >= 0.6 is 0 Å². The van der Waals surface area contributed by atoms with Gasteiger partial charge in [0.1, 0.15) is 11.6 Å². The molecule has 5 rings (SSSR count). The van der Waals surface area contributed by atoms with Gasteiger partial charge in [-0.05, 0) is 56.4 Å². The Labute approximate surface area is 211 Å². The zero-order valence-corrected chi connectivity index (χ0v) is 20.9. The molecule has 190 valence electrons. The Morgan fingerprint density at radius 3 is 2.64 bits per heavy atom. The van der Waals surface area contributed by atoms with Crippen LogP contribution in [-0.2, 0) is 25.7 Å². The van der Waals surface area contributed by atoms with E-state index in [9.17, 15) is 19.5 Å². The number of amides is 3. The zero-order valence-electron chi connectivity index (χ0n) is 20.9. The predicted octanol–water partition coefficient (Wildman–Crippen LogP) is 2.31. The second-order valence-electron chi connectivity index (χ2n) is 10.3. The molecule has 36 heavy (non-hydrogen) atoms. The third-order valence-corrected chi connectivity index (χ3v) is 7.99. The molecule has 1 spiro atoms. The number of ether oxygens (including phenoxy) is 1. The third-order valence-electron chi connectivity index (χ3n) is 7.99. The van der Waals surface area contributed by atoms with Gasteiger partial charge in [0.15, 0.2) is 0 Å². The van der Waals surface area contributed by atoms with Crippen LogP contribution in [0.5, 0.6) is 0 Å². The molecule has 0 aliphatic carbocycles. The smallest absolute Gasteiger partial charge is 0.250 e. The van der Waals surface area contributed by atoms with Gasteiger partial charge in [0.2, 0.25) is 17.7 Å². The van der Waals surface area contributed by atoms with Gasteiger partial charge in [0, 0.05) is 12.2 Å². The minimum absolute atomic E-state index is 0.240. The Bertz CT molecular complexity index is 1180. The monoisotopic (exact) mass is 491 g/mol. The van der Waals surface area contributed by atoms with Crippen molar-refractivity contribution in [1.82, 2.24) is 10.2 Å². The number of fused-ring (bicyclic) bond motifs is 1. The fraction of sp³-hybridized carbons (Fsp3) is 0.464. The van der Waals surface area contributed by atoms with Crippen molar-refractivity contribution < 1.29 is 24.2 Å². The topological polar surface area (TPSA) is 108 Å². The lowest BCUT2D eigenvalue weighted by Gasteiger charge is -2.35. The Hall–Kier alpha value is -3.23. The van der Waals surface area contributed by atoms with Crippen LogP contribution in [0, 0.1) is 25.7 Å². The highest BCUT2D eigenvalue weighted by Gasteiger charge is 2.74. The number of anilines is 1. The zero-order chi connectivity index (χ0) is 25.6. The maximum Gasteiger partial charge on any atom is 0.250 e. The molecule has 3 N–H and O–H groups in total. The van der Waals surface area contributed by atoms with Crippen molar-refractivity contribution in [2.45, 2.75) is 63.9 Å². The number of nitrogens with zero attached hydrogens (tertiary/aromatic N) is 1. The summed E-state index contributed by atoms with van der Waals surface area (Å²) in [5, 5.41) is 15.9. The Morgan fingerprint density at radius 1 is 1.17 bits per heavy atom. The third kappa shape index (κ3) is 3.89. The maximum atomic E-state index is 13.8. The average Bonchev–Trinajstić information content (AvgIpc) is 3.52.